The van der Waals surface area contributed by atoms with Gasteiger partial charge in [0.1, 0.15) is 0 Å². The van der Waals surface area contributed by atoms with Crippen LogP contribution in [0.3, 0.4) is 0 Å². The Kier molecular flexibility index (Phi) is 10.4. The Hall–Kier alpha value is 0.137. The lowest BCUT2D eigenvalue weighted by atomic mass is 10.3. The predicted molar refractivity (Wildman–Crippen MR) is 75.3 cm³/mol. The highest BCUT2D eigenvalue weighted by molar-refractivity contribution is 6.73. The highest BCUT2D eigenvalue weighted by Gasteiger charge is 2.31. The summed E-state index contributed by atoms with van der Waals surface area (Å²) in [5.41, 5.74) is 5.57. The topological polar surface area (TPSA) is 35.2 Å². The third-order valence-electron chi connectivity index (χ3n) is 3.49. The van der Waals surface area contributed by atoms with Crippen LogP contribution in [0.1, 0.15) is 52.4 Å². The van der Waals surface area contributed by atoms with Crippen molar-refractivity contribution in [3.05, 3.63) is 0 Å². The Balaban J connectivity index is 4.16. The summed E-state index contributed by atoms with van der Waals surface area (Å²) >= 11 is 0. The normalized spacial score (nSPS) is 12.0. The summed E-state index contributed by atoms with van der Waals surface area (Å²) in [6, 6.07) is 4.02. The molecule has 98 valence electrons. The van der Waals surface area contributed by atoms with Crippen LogP contribution in [-0.2, 0) is 4.43 Å². The molecule has 0 aliphatic carbocycles. The zero-order valence-electron chi connectivity index (χ0n) is 11.6. The van der Waals surface area contributed by atoms with E-state index in [2.05, 4.69) is 13.8 Å². The van der Waals surface area contributed by atoms with E-state index in [1.807, 2.05) is 7.11 Å². The Morgan fingerprint density at radius 3 is 1.75 bits per heavy atom. The molecule has 0 aliphatic heterocycles. The van der Waals surface area contributed by atoms with Gasteiger partial charge in [-0.3, -0.25) is 0 Å². The van der Waals surface area contributed by atoms with E-state index in [0.29, 0.717) is 0 Å². The van der Waals surface area contributed by atoms with Crippen molar-refractivity contribution < 1.29 is 4.43 Å². The fourth-order valence-corrected chi connectivity index (χ4v) is 6.52. The molecule has 0 aromatic carbocycles. The van der Waals surface area contributed by atoms with Crippen LogP contribution in [0.15, 0.2) is 0 Å². The van der Waals surface area contributed by atoms with Gasteiger partial charge in [0, 0.05) is 7.11 Å². The number of rotatable bonds is 11. The quantitative estimate of drug-likeness (QED) is 0.442. The highest BCUT2D eigenvalue weighted by Crippen LogP contribution is 2.28. The number of nitrogens with two attached hydrogens (primary N) is 1. The third-order valence-corrected chi connectivity index (χ3v) is 8.15. The van der Waals surface area contributed by atoms with Crippen molar-refractivity contribution >= 4 is 8.32 Å². The summed E-state index contributed by atoms with van der Waals surface area (Å²) in [5.74, 6) is 0. The summed E-state index contributed by atoms with van der Waals surface area (Å²) in [6.45, 7) is 5.37. The minimum absolute atomic E-state index is 0.829. The van der Waals surface area contributed by atoms with Gasteiger partial charge in [0.15, 0.2) is 8.32 Å². The van der Waals surface area contributed by atoms with Crippen molar-refractivity contribution in [1.29, 1.82) is 0 Å². The van der Waals surface area contributed by atoms with Crippen LogP contribution in [0, 0.1) is 0 Å². The van der Waals surface area contributed by atoms with Crippen LogP contribution in [0.2, 0.25) is 18.1 Å². The molecule has 0 rings (SSSR count). The lowest BCUT2D eigenvalue weighted by Crippen LogP contribution is -2.36. The van der Waals surface area contributed by atoms with Gasteiger partial charge in [-0.05, 0) is 31.1 Å². The molecule has 2 nitrogen and oxygen atoms in total. The highest BCUT2D eigenvalue weighted by atomic mass is 28.4. The lowest BCUT2D eigenvalue weighted by Gasteiger charge is -2.30. The van der Waals surface area contributed by atoms with Gasteiger partial charge in [-0.25, -0.2) is 0 Å². The molecular formula is C13H31NOSi. The average Bonchev–Trinajstić information content (AvgIpc) is 2.32. The number of unbranched alkanes of at least 4 members (excludes halogenated alkanes) is 3. The first-order valence-electron chi connectivity index (χ1n) is 7.00. The molecule has 0 radical (unpaired) electrons. The first-order valence-corrected chi connectivity index (χ1v) is 9.53. The smallest absolute Gasteiger partial charge is 0.192 e. The van der Waals surface area contributed by atoms with Crippen molar-refractivity contribution in [3.63, 3.8) is 0 Å². The van der Waals surface area contributed by atoms with Gasteiger partial charge in [0.2, 0.25) is 0 Å². The summed E-state index contributed by atoms with van der Waals surface area (Å²) in [5, 5.41) is 0. The van der Waals surface area contributed by atoms with Gasteiger partial charge < -0.3 is 10.2 Å². The average molecular weight is 245 g/mol. The van der Waals surface area contributed by atoms with Gasteiger partial charge in [-0.2, -0.15) is 0 Å². The first kappa shape index (κ1) is 16.1. The second kappa shape index (κ2) is 10.3. The number of hydrogen-bond donors (Lipinski definition) is 1. The predicted octanol–water partition coefficient (Wildman–Crippen LogP) is 3.92. The van der Waals surface area contributed by atoms with Crippen LogP contribution >= 0.6 is 0 Å². The zero-order valence-corrected chi connectivity index (χ0v) is 12.6. The summed E-state index contributed by atoms with van der Waals surface area (Å²) in [6.07, 6.45) is 7.70. The van der Waals surface area contributed by atoms with Crippen molar-refractivity contribution in [2.24, 2.45) is 5.73 Å². The molecule has 0 spiro atoms. The van der Waals surface area contributed by atoms with E-state index >= 15 is 0 Å². The third kappa shape index (κ3) is 6.66. The Morgan fingerprint density at radius 2 is 1.38 bits per heavy atom. The van der Waals surface area contributed by atoms with Gasteiger partial charge in [-0.15, -0.1) is 0 Å². The molecule has 3 heteroatoms. The molecule has 0 aromatic rings. The molecule has 0 saturated heterocycles. The SMILES string of the molecule is CCCC[Si](CCCC)(CCCCN)OC. The second-order valence-corrected chi connectivity index (χ2v) is 9.11. The molecule has 0 heterocycles. The van der Waals surface area contributed by atoms with E-state index in [9.17, 15) is 0 Å². The van der Waals surface area contributed by atoms with E-state index in [1.54, 1.807) is 0 Å². The molecule has 2 N–H and O–H groups in total. The monoisotopic (exact) mass is 245 g/mol. The maximum absolute atomic E-state index is 5.99. The molecule has 0 aliphatic rings. The lowest BCUT2D eigenvalue weighted by molar-refractivity contribution is 0.382. The van der Waals surface area contributed by atoms with Crippen molar-refractivity contribution in [3.8, 4) is 0 Å². The van der Waals surface area contributed by atoms with E-state index in [-0.39, 0.29) is 0 Å². The Bertz CT molecular complexity index is 145. The van der Waals surface area contributed by atoms with Crippen molar-refractivity contribution in [2.75, 3.05) is 13.7 Å². The molecule has 0 unspecified atom stereocenters. The van der Waals surface area contributed by atoms with Gasteiger partial charge >= 0.3 is 0 Å². The Labute approximate surface area is 103 Å². The minimum atomic E-state index is -1.40. The molecule has 0 amide bonds. The first-order chi connectivity index (χ1) is 7.74. The van der Waals surface area contributed by atoms with Crippen LogP contribution in [0.5, 0.6) is 0 Å². The molecule has 0 fully saturated rings. The summed E-state index contributed by atoms with van der Waals surface area (Å²) < 4.78 is 5.99. The van der Waals surface area contributed by atoms with Crippen LogP contribution in [-0.4, -0.2) is 22.0 Å². The molecule has 0 saturated carbocycles. The summed E-state index contributed by atoms with van der Waals surface area (Å²) in [7, 11) is 0.540. The molecule has 0 bridgehead atoms. The molecule has 16 heavy (non-hydrogen) atoms. The second-order valence-electron chi connectivity index (χ2n) is 4.84. The van der Waals surface area contributed by atoms with E-state index in [0.717, 1.165) is 13.0 Å². The largest absolute Gasteiger partial charge is 0.420 e. The van der Waals surface area contributed by atoms with Crippen molar-refractivity contribution in [2.45, 2.75) is 70.5 Å². The zero-order chi connectivity index (χ0) is 12.3. The number of hydrogen-bond acceptors (Lipinski definition) is 2. The van der Waals surface area contributed by atoms with Crippen LogP contribution in [0.25, 0.3) is 0 Å². The van der Waals surface area contributed by atoms with Crippen molar-refractivity contribution in [1.82, 2.24) is 0 Å². The molecule has 0 aromatic heterocycles. The fourth-order valence-electron chi connectivity index (χ4n) is 2.27. The fraction of sp³-hybridized carbons (Fsp3) is 1.00. The van der Waals surface area contributed by atoms with E-state index in [1.165, 1.54) is 50.2 Å². The van der Waals surface area contributed by atoms with Gasteiger partial charge in [0.25, 0.3) is 0 Å². The van der Waals surface area contributed by atoms with Crippen LogP contribution in [0.4, 0.5) is 0 Å². The minimum Gasteiger partial charge on any atom is -0.420 e. The molecular weight excluding hydrogens is 214 g/mol. The van der Waals surface area contributed by atoms with E-state index < -0.39 is 8.32 Å². The maximum Gasteiger partial charge on any atom is 0.192 e. The summed E-state index contributed by atoms with van der Waals surface area (Å²) in [4.78, 5) is 0. The standard InChI is InChI=1S/C13H31NOSi/c1-4-6-11-16(15-3,12-7-5-2)13-9-8-10-14/h4-14H2,1-3H3. The van der Waals surface area contributed by atoms with E-state index in [4.69, 9.17) is 10.2 Å². The van der Waals surface area contributed by atoms with Gasteiger partial charge in [0.05, 0.1) is 0 Å². The molecule has 0 atom stereocenters. The maximum atomic E-state index is 5.99. The van der Waals surface area contributed by atoms with Gasteiger partial charge in [-0.1, -0.05) is 46.0 Å². The Morgan fingerprint density at radius 1 is 0.875 bits per heavy atom. The van der Waals surface area contributed by atoms with Crippen LogP contribution < -0.4 is 5.73 Å².